The Labute approximate surface area is 573 Å². The van der Waals surface area contributed by atoms with Crippen LogP contribution in [0.15, 0.2) is 135 Å². The van der Waals surface area contributed by atoms with Gasteiger partial charge in [0.15, 0.2) is 0 Å². The molecule has 6 aliphatic heterocycles. The largest absolute Gasteiger partial charge is 0.353 e. The highest BCUT2D eigenvalue weighted by Crippen LogP contribution is 2.71. The van der Waals surface area contributed by atoms with Crippen molar-refractivity contribution < 1.29 is 0 Å². The topological polar surface area (TPSA) is 116 Å². The predicted octanol–water partition coefficient (Wildman–Crippen LogP) is 19.3. The molecule has 4 aromatic carbocycles. The summed E-state index contributed by atoms with van der Waals surface area (Å²) in [6, 6.07) is 32.3. The van der Waals surface area contributed by atoms with E-state index in [4.69, 9.17) is 4.98 Å². The Hall–Kier alpha value is -7.60. The third kappa shape index (κ3) is 8.49. The number of aryl methyl sites for hydroxylation is 4. The Morgan fingerprint density at radius 3 is 1.15 bits per heavy atom. The van der Waals surface area contributed by atoms with Gasteiger partial charge in [0.25, 0.3) is 0 Å². The Morgan fingerprint density at radius 2 is 0.708 bits per heavy atom. The first kappa shape index (κ1) is 64.4. The molecule has 6 atom stereocenters. The number of benzene rings is 4. The van der Waals surface area contributed by atoms with Crippen LogP contribution >= 0.6 is 0 Å². The summed E-state index contributed by atoms with van der Waals surface area (Å²) in [4.78, 5) is 47.1. The molecular weight excluding hydrogens is 1180 g/mol. The number of para-hydroxylation sites is 4. The molecule has 5 saturated carbocycles. The molecule has 19 rings (SSSR count). The molecule has 0 amide bonds. The second kappa shape index (κ2) is 22.5. The highest BCUT2D eigenvalue weighted by atomic mass is 15.3. The molecule has 0 saturated heterocycles. The van der Waals surface area contributed by atoms with Crippen molar-refractivity contribution in [3.8, 4) is 0 Å². The van der Waals surface area contributed by atoms with Crippen molar-refractivity contribution in [1.29, 1.82) is 0 Å². The molecule has 6 unspecified atom stereocenters. The van der Waals surface area contributed by atoms with E-state index in [9.17, 15) is 0 Å². The van der Waals surface area contributed by atoms with Crippen molar-refractivity contribution in [2.24, 2.45) is 34.5 Å². The lowest BCUT2D eigenvalue weighted by Crippen LogP contribution is -2.62. The summed E-state index contributed by atoms with van der Waals surface area (Å²) in [6.45, 7) is 42.1. The lowest BCUT2D eigenvalue weighted by Gasteiger charge is -2.63. The maximum Gasteiger partial charge on any atom is 0.115 e. The molecule has 12 nitrogen and oxygen atoms in total. The fraction of sp³-hybridized carbons (Fsp3) is 0.524. The molecule has 5 fully saturated rings. The first-order chi connectivity index (χ1) is 45.7. The third-order valence-corrected chi connectivity index (χ3v) is 28.6. The van der Waals surface area contributed by atoms with E-state index in [1.807, 2.05) is 12.4 Å². The van der Waals surface area contributed by atoms with Crippen molar-refractivity contribution in [3.05, 3.63) is 213 Å². The van der Waals surface area contributed by atoms with Crippen LogP contribution in [0.4, 0.5) is 22.7 Å². The molecule has 8 aromatic rings. The number of rotatable bonds is 2. The Bertz CT molecular complexity index is 4160. The van der Waals surface area contributed by atoms with Gasteiger partial charge in [0.2, 0.25) is 0 Å². The zero-order valence-electron chi connectivity index (χ0n) is 60.8. The number of nitrogens with zero attached hydrogens (tertiary/aromatic N) is 12. The van der Waals surface area contributed by atoms with E-state index >= 15 is 0 Å². The minimum absolute atomic E-state index is 0.0189. The van der Waals surface area contributed by atoms with Crippen LogP contribution in [0, 0.1) is 62.2 Å². The monoisotopic (exact) mass is 1280 g/mol. The number of anilines is 4. The average Bonchev–Trinajstić information content (AvgIpc) is 1.44. The Morgan fingerprint density at radius 1 is 0.354 bits per heavy atom. The van der Waals surface area contributed by atoms with E-state index in [1.165, 1.54) is 165 Å². The SMILES string of the molecule is Cc1cccc2c1N1C(C)c3ncncc3C1(C)C(C)(C)C2(C)C.Cc1cccc2c1N1C(C)c3ncncc3C1(C)C(C)(C)C2(C)C.Cc1ccccc1N1C(C)c2ncncc2C12C1CC3CC(C1)CC2C3.Cc1ccccc1N1C(C)c2ncncc2C12CCCCC2. The summed E-state index contributed by atoms with van der Waals surface area (Å²) in [6.07, 6.45) is 28.6. The molecule has 11 aliphatic rings. The lowest BCUT2D eigenvalue weighted by molar-refractivity contribution is -0.0603. The molecule has 12 heteroatoms. The van der Waals surface area contributed by atoms with Crippen molar-refractivity contribution in [3.63, 3.8) is 0 Å². The van der Waals surface area contributed by atoms with Crippen LogP contribution in [0.5, 0.6) is 0 Å². The molecule has 4 aromatic heterocycles. The van der Waals surface area contributed by atoms with Crippen LogP contribution < -0.4 is 19.6 Å². The highest BCUT2D eigenvalue weighted by molar-refractivity contribution is 5.74. The van der Waals surface area contributed by atoms with Gasteiger partial charge in [-0.3, -0.25) is 0 Å². The second-order valence-corrected chi connectivity index (χ2v) is 33.4. The van der Waals surface area contributed by atoms with E-state index in [2.05, 4.69) is 276 Å². The Balaban J connectivity index is 0.000000105. The normalized spacial score (nSPS) is 30.4. The van der Waals surface area contributed by atoms with Gasteiger partial charge in [0.1, 0.15) is 25.3 Å². The molecule has 96 heavy (non-hydrogen) atoms. The minimum atomic E-state index is -0.133. The molecule has 0 N–H and O–H groups in total. The second-order valence-electron chi connectivity index (χ2n) is 33.4. The molecule has 500 valence electrons. The van der Waals surface area contributed by atoms with Crippen LogP contribution in [-0.2, 0) is 33.0 Å². The summed E-state index contributed by atoms with van der Waals surface area (Å²) in [5.41, 5.74) is 24.1. The van der Waals surface area contributed by atoms with Crippen molar-refractivity contribution in [2.75, 3.05) is 19.6 Å². The highest BCUT2D eigenvalue weighted by Gasteiger charge is 2.68. The molecule has 4 bridgehead atoms. The first-order valence-corrected chi connectivity index (χ1v) is 36.4. The van der Waals surface area contributed by atoms with Crippen LogP contribution in [-0.4, -0.2) is 39.9 Å². The van der Waals surface area contributed by atoms with Crippen LogP contribution in [0.25, 0.3) is 0 Å². The Kier molecular flexibility index (Phi) is 15.1. The number of hydrogen-bond acceptors (Lipinski definition) is 12. The predicted molar refractivity (Wildman–Crippen MR) is 388 cm³/mol. The standard InChI is InChI=1S/C23H27N3.2C21H27N3.C19H23N3/c1-14-5-3-4-6-21(14)26-15(2)22-20(12-24-13-25-22)23(26)18-8-16-7-17(10-18)11-19(23)9-16;2*1-13-9-8-10-15-18(13)24-14(2)17-16(11-22-12-23-17)21(24,7)20(5,6)19(15,3)4;1-14-8-4-5-9-17(14)22-15(2)18-16(12-20-13-21-18)19(22)10-6-3-7-11-19/h3-6,12-13,15-19H,7-11H2,1-2H3;2*8-12,14H,1-7H3;4-5,8-9,12-13,15H,3,6-7,10-11H2,1-2H3. The van der Waals surface area contributed by atoms with E-state index in [0.717, 1.165) is 23.7 Å². The number of hydrogen-bond donors (Lipinski definition) is 0. The van der Waals surface area contributed by atoms with Gasteiger partial charge in [-0.2, -0.15) is 0 Å². The fourth-order valence-corrected chi connectivity index (χ4v) is 22.4. The molecule has 5 aliphatic carbocycles. The van der Waals surface area contributed by atoms with Gasteiger partial charge in [-0.1, -0.05) is 147 Å². The zero-order chi connectivity index (χ0) is 67.6. The van der Waals surface area contributed by atoms with Crippen molar-refractivity contribution in [2.45, 2.75) is 246 Å². The third-order valence-electron chi connectivity index (χ3n) is 28.6. The van der Waals surface area contributed by atoms with Gasteiger partial charge < -0.3 is 19.6 Å². The van der Waals surface area contributed by atoms with Crippen LogP contribution in [0.1, 0.15) is 264 Å². The van der Waals surface area contributed by atoms with Crippen molar-refractivity contribution >= 4 is 22.7 Å². The summed E-state index contributed by atoms with van der Waals surface area (Å²) < 4.78 is 0. The maximum atomic E-state index is 4.80. The average molecular weight is 1280 g/mol. The van der Waals surface area contributed by atoms with Crippen LogP contribution in [0.3, 0.4) is 0 Å². The van der Waals surface area contributed by atoms with Gasteiger partial charge >= 0.3 is 0 Å². The van der Waals surface area contributed by atoms with Gasteiger partial charge in [0.05, 0.1) is 69.1 Å². The van der Waals surface area contributed by atoms with Crippen LogP contribution in [0.2, 0.25) is 0 Å². The summed E-state index contributed by atoms with van der Waals surface area (Å²) in [7, 11) is 0. The number of fused-ring (bicyclic) bond motifs is 13. The minimum Gasteiger partial charge on any atom is -0.353 e. The maximum absolute atomic E-state index is 4.80. The molecule has 10 heterocycles. The summed E-state index contributed by atoms with van der Waals surface area (Å²) >= 11 is 0. The molecule has 2 spiro atoms. The first-order valence-electron chi connectivity index (χ1n) is 36.4. The van der Waals surface area contributed by atoms with Gasteiger partial charge in [-0.25, -0.2) is 39.9 Å². The lowest BCUT2D eigenvalue weighted by atomic mass is 9.47. The van der Waals surface area contributed by atoms with Gasteiger partial charge in [-0.15, -0.1) is 0 Å². The smallest absolute Gasteiger partial charge is 0.115 e. The molecular formula is C84H104N12. The molecule has 0 radical (unpaired) electrons. The summed E-state index contributed by atoms with van der Waals surface area (Å²) in [5, 5.41) is 0. The quantitative estimate of drug-likeness (QED) is 0.164. The van der Waals surface area contributed by atoms with Gasteiger partial charge in [-0.05, 0) is 194 Å². The van der Waals surface area contributed by atoms with E-state index in [-0.39, 0.29) is 55.9 Å². The van der Waals surface area contributed by atoms with Crippen molar-refractivity contribution in [1.82, 2.24) is 39.9 Å². The van der Waals surface area contributed by atoms with E-state index in [0.29, 0.717) is 12.1 Å². The van der Waals surface area contributed by atoms with E-state index in [1.54, 1.807) is 25.3 Å². The fourth-order valence-electron chi connectivity index (χ4n) is 22.4. The number of aromatic nitrogens is 8. The van der Waals surface area contributed by atoms with Gasteiger partial charge in [0, 0.05) is 80.6 Å². The summed E-state index contributed by atoms with van der Waals surface area (Å²) in [5.74, 6) is 3.44. The van der Waals surface area contributed by atoms with E-state index < -0.39 is 0 Å². The zero-order valence-corrected chi connectivity index (χ0v) is 60.8.